The van der Waals surface area contributed by atoms with Crippen LogP contribution in [-0.2, 0) is 14.9 Å². The fourth-order valence-corrected chi connectivity index (χ4v) is 1.47. The monoisotopic (exact) mass is 270 g/mol. The van der Waals surface area contributed by atoms with Crippen molar-refractivity contribution in [2.45, 2.75) is 32.5 Å². The summed E-state index contributed by atoms with van der Waals surface area (Å²) in [5.41, 5.74) is -0.899. The van der Waals surface area contributed by atoms with E-state index in [1.807, 2.05) is 0 Å². The minimum atomic E-state index is -4.35. The predicted molar refractivity (Wildman–Crippen MR) is 59.1 cm³/mol. The van der Waals surface area contributed by atoms with Crippen LogP contribution in [0.1, 0.15) is 20.8 Å². The number of carbonyl (C=O) groups excluding carboxylic acids is 1. The Kier molecular flexibility index (Phi) is 5.33. The van der Waals surface area contributed by atoms with Gasteiger partial charge in [-0.05, 0) is 20.8 Å². The van der Waals surface area contributed by atoms with Crippen LogP contribution in [0.15, 0.2) is 0 Å². The fourth-order valence-electron chi connectivity index (χ4n) is 0.844. The molecule has 4 N–H and O–H groups in total. The zero-order valence-electron chi connectivity index (χ0n) is 9.95. The second-order valence-electron chi connectivity index (χ2n) is 4.39. The van der Waals surface area contributed by atoms with Crippen molar-refractivity contribution in [2.24, 2.45) is 5.14 Å². The summed E-state index contributed by atoms with van der Waals surface area (Å²) in [5.74, 6) is 0. The van der Waals surface area contributed by atoms with Gasteiger partial charge in [0.25, 0.3) is 0 Å². The van der Waals surface area contributed by atoms with Gasteiger partial charge in [-0.15, -0.1) is 0 Å². The van der Waals surface area contributed by atoms with E-state index in [1.165, 1.54) is 0 Å². The molecule has 0 aromatic carbocycles. The summed E-state index contributed by atoms with van der Waals surface area (Å²) in [6.07, 6.45) is -2.62. The lowest BCUT2D eigenvalue weighted by Gasteiger charge is -2.26. The minimum absolute atomic E-state index is 0.166. The third-order valence-electron chi connectivity index (χ3n) is 1.49. The Labute approximate surface area is 100 Å². The summed E-state index contributed by atoms with van der Waals surface area (Å²) >= 11 is 0. The normalized spacial score (nSPS) is 14.2. The first-order valence-electron chi connectivity index (χ1n) is 4.79. The first-order chi connectivity index (χ1) is 7.47. The molecule has 0 aliphatic carbocycles. The number of carbonyl (C=O) groups is 1. The Morgan fingerprint density at radius 2 is 1.94 bits per heavy atom. The van der Waals surface area contributed by atoms with Crippen molar-refractivity contribution >= 4 is 16.3 Å². The average Bonchev–Trinajstić information content (AvgIpc) is 2.08. The van der Waals surface area contributed by atoms with E-state index >= 15 is 0 Å². The SMILES string of the molecule is CC(C)(C)OC(=O)N(CC(O)CO)S(N)(=O)=O. The molecule has 0 rings (SSSR count). The number of ether oxygens (including phenoxy) is 1. The summed E-state index contributed by atoms with van der Waals surface area (Å²) in [4.78, 5) is 11.5. The molecular weight excluding hydrogens is 252 g/mol. The quantitative estimate of drug-likeness (QED) is 0.587. The summed E-state index contributed by atoms with van der Waals surface area (Å²) in [5, 5.41) is 22.5. The highest BCUT2D eigenvalue weighted by atomic mass is 32.2. The van der Waals surface area contributed by atoms with Crippen LogP contribution in [-0.4, -0.2) is 53.9 Å². The van der Waals surface area contributed by atoms with Gasteiger partial charge in [0.05, 0.1) is 19.3 Å². The molecule has 1 amide bonds. The van der Waals surface area contributed by atoms with Crippen molar-refractivity contribution in [3.05, 3.63) is 0 Å². The number of aliphatic hydroxyl groups excluding tert-OH is 2. The number of rotatable bonds is 4. The molecule has 102 valence electrons. The van der Waals surface area contributed by atoms with Gasteiger partial charge in [-0.25, -0.2) is 9.93 Å². The van der Waals surface area contributed by atoms with Crippen molar-refractivity contribution in [1.29, 1.82) is 0 Å². The van der Waals surface area contributed by atoms with E-state index in [0.717, 1.165) is 0 Å². The number of nitrogens with two attached hydrogens (primary N) is 1. The maximum atomic E-state index is 11.5. The van der Waals surface area contributed by atoms with Crippen molar-refractivity contribution in [1.82, 2.24) is 4.31 Å². The predicted octanol–water partition coefficient (Wildman–Crippen LogP) is -1.22. The van der Waals surface area contributed by atoms with Gasteiger partial charge < -0.3 is 14.9 Å². The fraction of sp³-hybridized carbons (Fsp3) is 0.875. The summed E-state index contributed by atoms with van der Waals surface area (Å²) < 4.78 is 27.2. The van der Waals surface area contributed by atoms with E-state index in [-0.39, 0.29) is 4.31 Å². The lowest BCUT2D eigenvalue weighted by atomic mass is 10.2. The number of amides is 1. The molecule has 8 nitrogen and oxygen atoms in total. The zero-order chi connectivity index (χ0) is 13.9. The molecule has 17 heavy (non-hydrogen) atoms. The average molecular weight is 270 g/mol. The highest BCUT2D eigenvalue weighted by Crippen LogP contribution is 2.11. The van der Waals surface area contributed by atoms with Crippen LogP contribution in [0, 0.1) is 0 Å². The van der Waals surface area contributed by atoms with Gasteiger partial charge in [0, 0.05) is 0 Å². The Balaban J connectivity index is 4.89. The molecule has 0 saturated heterocycles. The molecule has 0 bridgehead atoms. The number of nitrogens with zero attached hydrogens (tertiary/aromatic N) is 1. The Morgan fingerprint density at radius 3 is 2.24 bits per heavy atom. The molecule has 0 aromatic rings. The zero-order valence-corrected chi connectivity index (χ0v) is 10.8. The van der Waals surface area contributed by atoms with Crippen molar-refractivity contribution < 1.29 is 28.2 Å². The van der Waals surface area contributed by atoms with Gasteiger partial charge in [-0.2, -0.15) is 12.7 Å². The van der Waals surface area contributed by atoms with Crippen LogP contribution in [0.2, 0.25) is 0 Å². The van der Waals surface area contributed by atoms with Crippen molar-refractivity contribution in [2.75, 3.05) is 13.2 Å². The van der Waals surface area contributed by atoms with Gasteiger partial charge in [-0.1, -0.05) is 0 Å². The number of hydrogen-bond donors (Lipinski definition) is 3. The molecular formula is C8H18N2O6S. The Hall–Kier alpha value is -0.900. The first-order valence-corrected chi connectivity index (χ1v) is 6.30. The highest BCUT2D eigenvalue weighted by molar-refractivity contribution is 7.87. The molecule has 0 spiro atoms. The summed E-state index contributed by atoms with van der Waals surface area (Å²) in [7, 11) is -4.35. The van der Waals surface area contributed by atoms with E-state index in [9.17, 15) is 13.2 Å². The van der Waals surface area contributed by atoms with Gasteiger partial charge in [-0.3, -0.25) is 0 Å². The third-order valence-corrected chi connectivity index (χ3v) is 2.40. The summed E-state index contributed by atoms with van der Waals surface area (Å²) in [6, 6.07) is 0. The van der Waals surface area contributed by atoms with E-state index in [0.29, 0.717) is 0 Å². The van der Waals surface area contributed by atoms with Gasteiger partial charge in [0.1, 0.15) is 5.60 Å². The van der Waals surface area contributed by atoms with Crippen LogP contribution in [0.4, 0.5) is 4.79 Å². The van der Waals surface area contributed by atoms with Crippen LogP contribution in [0.3, 0.4) is 0 Å². The number of hydrogen-bond acceptors (Lipinski definition) is 6. The molecule has 0 aliphatic rings. The molecule has 9 heteroatoms. The molecule has 0 saturated carbocycles. The molecule has 1 unspecified atom stereocenters. The van der Waals surface area contributed by atoms with Gasteiger partial charge in [0.2, 0.25) is 0 Å². The molecule has 0 fully saturated rings. The third kappa shape index (κ3) is 6.41. The van der Waals surface area contributed by atoms with Crippen molar-refractivity contribution in [3.8, 4) is 0 Å². The smallest absolute Gasteiger partial charge is 0.425 e. The Bertz CT molecular complexity index is 361. The molecule has 0 heterocycles. The first kappa shape index (κ1) is 16.1. The van der Waals surface area contributed by atoms with Crippen LogP contribution in [0.5, 0.6) is 0 Å². The lowest BCUT2D eigenvalue weighted by Crippen LogP contribution is -2.48. The summed E-state index contributed by atoms with van der Waals surface area (Å²) in [6.45, 7) is 3.29. The van der Waals surface area contributed by atoms with E-state index < -0.39 is 41.2 Å². The van der Waals surface area contributed by atoms with Gasteiger partial charge in [0.15, 0.2) is 0 Å². The van der Waals surface area contributed by atoms with Crippen LogP contribution < -0.4 is 5.14 Å². The van der Waals surface area contributed by atoms with E-state index in [4.69, 9.17) is 20.1 Å². The molecule has 0 aliphatic heterocycles. The Morgan fingerprint density at radius 1 is 1.47 bits per heavy atom. The maximum absolute atomic E-state index is 11.5. The largest absolute Gasteiger partial charge is 0.443 e. The van der Waals surface area contributed by atoms with Crippen LogP contribution in [0.25, 0.3) is 0 Å². The lowest BCUT2D eigenvalue weighted by molar-refractivity contribution is 0.0260. The van der Waals surface area contributed by atoms with E-state index in [1.54, 1.807) is 20.8 Å². The highest BCUT2D eigenvalue weighted by Gasteiger charge is 2.30. The number of aliphatic hydroxyl groups is 2. The van der Waals surface area contributed by atoms with E-state index in [2.05, 4.69) is 0 Å². The molecule has 0 aromatic heterocycles. The molecule has 1 atom stereocenters. The molecule has 0 radical (unpaired) electrons. The van der Waals surface area contributed by atoms with Crippen LogP contribution >= 0.6 is 0 Å². The second kappa shape index (κ2) is 5.63. The topological polar surface area (TPSA) is 130 Å². The van der Waals surface area contributed by atoms with Crippen molar-refractivity contribution in [3.63, 3.8) is 0 Å². The van der Waals surface area contributed by atoms with Gasteiger partial charge >= 0.3 is 16.3 Å². The maximum Gasteiger partial charge on any atom is 0.425 e. The standard InChI is InChI=1S/C8H18N2O6S/c1-8(2,3)16-7(13)10(17(9,14)15)4-6(12)5-11/h6,11-12H,4-5H2,1-3H3,(H2,9,14,15). The second-order valence-corrected chi connectivity index (χ2v) is 5.86. The minimum Gasteiger partial charge on any atom is -0.443 e.